The van der Waals surface area contributed by atoms with Crippen LogP contribution in [0.15, 0.2) is 106 Å². The summed E-state index contributed by atoms with van der Waals surface area (Å²) in [4.78, 5) is 43.3. The van der Waals surface area contributed by atoms with Crippen molar-refractivity contribution in [3.8, 4) is 0 Å². The molecule has 18 heteroatoms. The maximum atomic E-state index is 13.3. The predicted molar refractivity (Wildman–Crippen MR) is 206 cm³/mol. The van der Waals surface area contributed by atoms with Crippen LogP contribution < -0.4 is 11.1 Å². The first kappa shape index (κ1) is 44.4. The summed E-state index contributed by atoms with van der Waals surface area (Å²) in [6, 6.07) is 20.9. The molecule has 0 spiro atoms. The molecule has 0 atom stereocenters. The summed E-state index contributed by atoms with van der Waals surface area (Å²) in [6.07, 6.45) is -0.477. The second-order valence-corrected chi connectivity index (χ2v) is 16.6. The Bertz CT molecular complexity index is 2050. The van der Waals surface area contributed by atoms with Crippen LogP contribution in [-0.4, -0.2) is 72.7 Å². The molecule has 0 bridgehead atoms. The third kappa shape index (κ3) is 12.6. The molecule has 0 aromatic heterocycles. The molecule has 0 unspecified atom stereocenters. The fourth-order valence-corrected chi connectivity index (χ4v) is 7.71. The van der Waals surface area contributed by atoms with Crippen molar-refractivity contribution in [2.75, 3.05) is 26.4 Å². The standard InChI is InChI=1S/C39H47N3O13S2/c1-5-50-34(43)24-33(35(44)51-6-2)55-42-36(40)39(41-37(45)52-25-30-10-8-7-9-11-30)22-20-38(21-23-39,26-53-56(46,47)31-16-12-28(3)13-17-31)27-54-57(48,49)32-18-14-29(4)15-19-32/h7-19,24H,5-6,20-23,25-27H2,1-4H3,(H2,40,42)(H,41,45). The molecular formula is C39H47N3O13S2. The normalized spacial score (nSPS) is 15.6. The van der Waals surface area contributed by atoms with Crippen molar-refractivity contribution < 1.29 is 58.6 Å². The van der Waals surface area contributed by atoms with Crippen molar-refractivity contribution in [1.82, 2.24) is 5.32 Å². The van der Waals surface area contributed by atoms with Gasteiger partial charge in [0.25, 0.3) is 20.2 Å². The lowest BCUT2D eigenvalue weighted by Gasteiger charge is -2.45. The highest BCUT2D eigenvalue weighted by molar-refractivity contribution is 7.87. The van der Waals surface area contributed by atoms with E-state index in [0.717, 1.165) is 17.2 Å². The molecule has 0 radical (unpaired) electrons. The minimum Gasteiger partial charge on any atom is -0.463 e. The van der Waals surface area contributed by atoms with Gasteiger partial charge < -0.3 is 30.1 Å². The van der Waals surface area contributed by atoms with Gasteiger partial charge in [0.15, 0.2) is 5.84 Å². The number of oxime groups is 1. The number of aryl methyl sites for hydroxylation is 2. The maximum Gasteiger partial charge on any atom is 0.408 e. The molecular weight excluding hydrogens is 783 g/mol. The molecule has 1 fully saturated rings. The number of esters is 2. The van der Waals surface area contributed by atoms with Crippen molar-refractivity contribution in [3.63, 3.8) is 0 Å². The summed E-state index contributed by atoms with van der Waals surface area (Å²) < 4.78 is 79.8. The minimum atomic E-state index is -4.32. The molecule has 1 amide bonds. The van der Waals surface area contributed by atoms with E-state index in [0.29, 0.717) is 5.56 Å². The molecule has 4 rings (SSSR count). The van der Waals surface area contributed by atoms with Crippen LogP contribution in [0.2, 0.25) is 0 Å². The Kier molecular flexibility index (Phi) is 15.4. The second-order valence-electron chi connectivity index (χ2n) is 13.4. The van der Waals surface area contributed by atoms with Crippen LogP contribution >= 0.6 is 0 Å². The third-order valence-electron chi connectivity index (χ3n) is 9.12. The highest BCUT2D eigenvalue weighted by atomic mass is 32.2. The van der Waals surface area contributed by atoms with Gasteiger partial charge in [0.1, 0.15) is 12.1 Å². The van der Waals surface area contributed by atoms with Crippen LogP contribution in [0, 0.1) is 19.3 Å². The fourth-order valence-electron chi connectivity index (χ4n) is 5.69. The summed E-state index contributed by atoms with van der Waals surface area (Å²) in [6.45, 7) is 5.51. The minimum absolute atomic E-state index is 0.00277. The summed E-state index contributed by atoms with van der Waals surface area (Å²) in [5, 5.41) is 6.66. The number of benzene rings is 3. The number of ether oxygens (including phenoxy) is 3. The number of alkyl carbamates (subject to hydrolysis) is 1. The molecule has 16 nitrogen and oxygen atoms in total. The first-order valence-corrected chi connectivity index (χ1v) is 20.8. The predicted octanol–water partition coefficient (Wildman–Crippen LogP) is 4.94. The van der Waals surface area contributed by atoms with Gasteiger partial charge in [0.05, 0.1) is 42.3 Å². The smallest absolute Gasteiger partial charge is 0.408 e. The highest BCUT2D eigenvalue weighted by Gasteiger charge is 2.48. The van der Waals surface area contributed by atoms with Gasteiger partial charge in [0, 0.05) is 5.41 Å². The first-order chi connectivity index (χ1) is 27.0. The van der Waals surface area contributed by atoms with Crippen molar-refractivity contribution in [3.05, 3.63) is 107 Å². The van der Waals surface area contributed by atoms with Crippen molar-refractivity contribution in [2.45, 2.75) is 75.3 Å². The van der Waals surface area contributed by atoms with Gasteiger partial charge in [-0.15, -0.1) is 0 Å². The van der Waals surface area contributed by atoms with Crippen molar-refractivity contribution >= 4 is 44.1 Å². The van der Waals surface area contributed by atoms with Gasteiger partial charge in [-0.2, -0.15) is 16.8 Å². The topological polar surface area (TPSA) is 225 Å². The average molecular weight is 830 g/mol. The van der Waals surface area contributed by atoms with Crippen LogP contribution in [-0.2, 0) is 63.8 Å². The van der Waals surface area contributed by atoms with Crippen molar-refractivity contribution in [1.29, 1.82) is 0 Å². The third-order valence-corrected chi connectivity index (χ3v) is 11.7. The SMILES string of the molecule is CCOC(=O)C=C(ON=C(N)C1(NC(=O)OCc2ccccc2)CCC(COS(=O)(=O)c2ccc(C)cc2)(COS(=O)(=O)c2ccc(C)cc2)CC1)C(=O)OCC. The summed E-state index contributed by atoms with van der Waals surface area (Å²) in [5.41, 5.74) is 5.99. The Labute approximate surface area is 332 Å². The van der Waals surface area contributed by atoms with Crippen LogP contribution in [0.25, 0.3) is 0 Å². The maximum absolute atomic E-state index is 13.3. The monoisotopic (exact) mass is 829 g/mol. The molecule has 0 saturated heterocycles. The van der Waals surface area contributed by atoms with Gasteiger partial charge in [-0.05, 0) is 83.2 Å². The number of amides is 1. The van der Waals surface area contributed by atoms with Crippen LogP contribution in [0.1, 0.15) is 56.2 Å². The molecule has 1 aliphatic carbocycles. The molecule has 3 aromatic carbocycles. The van der Waals surface area contributed by atoms with E-state index < -0.39 is 68.2 Å². The van der Waals surface area contributed by atoms with E-state index in [1.807, 2.05) is 0 Å². The van der Waals surface area contributed by atoms with Crippen LogP contribution in [0.5, 0.6) is 0 Å². The Morgan fingerprint density at radius 2 is 1.25 bits per heavy atom. The molecule has 308 valence electrons. The lowest BCUT2D eigenvalue weighted by molar-refractivity contribution is -0.144. The number of nitrogens with zero attached hydrogens (tertiary/aromatic N) is 1. The first-order valence-electron chi connectivity index (χ1n) is 18.0. The van der Waals surface area contributed by atoms with E-state index in [9.17, 15) is 31.2 Å². The number of hydrogen-bond donors (Lipinski definition) is 2. The number of nitrogens with one attached hydrogen (secondary N) is 1. The largest absolute Gasteiger partial charge is 0.463 e. The summed E-state index contributed by atoms with van der Waals surface area (Å²) in [7, 11) is -8.64. The summed E-state index contributed by atoms with van der Waals surface area (Å²) >= 11 is 0. The van der Waals surface area contributed by atoms with Crippen LogP contribution in [0.3, 0.4) is 0 Å². The number of rotatable bonds is 18. The van der Waals surface area contributed by atoms with E-state index in [4.69, 9.17) is 33.1 Å². The molecule has 3 N–H and O–H groups in total. The molecule has 57 heavy (non-hydrogen) atoms. The zero-order valence-corrected chi connectivity index (χ0v) is 33.7. The summed E-state index contributed by atoms with van der Waals surface area (Å²) in [5.74, 6) is -2.99. The lowest BCUT2D eigenvalue weighted by Crippen LogP contribution is -2.61. The number of amidine groups is 1. The van der Waals surface area contributed by atoms with E-state index in [1.54, 1.807) is 75.4 Å². The van der Waals surface area contributed by atoms with Crippen molar-refractivity contribution in [2.24, 2.45) is 16.3 Å². The van der Waals surface area contributed by atoms with Gasteiger partial charge in [-0.25, -0.2) is 14.4 Å². The molecule has 0 heterocycles. The van der Waals surface area contributed by atoms with Crippen LogP contribution in [0.4, 0.5) is 4.79 Å². The Balaban J connectivity index is 1.67. The second kappa shape index (κ2) is 19.7. The average Bonchev–Trinajstić information content (AvgIpc) is 3.19. The van der Waals surface area contributed by atoms with Gasteiger partial charge in [0.2, 0.25) is 5.76 Å². The van der Waals surface area contributed by atoms with E-state index >= 15 is 0 Å². The lowest BCUT2D eigenvalue weighted by atomic mass is 9.67. The highest BCUT2D eigenvalue weighted by Crippen LogP contribution is 2.43. The number of carbonyl (C=O) groups excluding carboxylic acids is 3. The number of nitrogens with two attached hydrogens (primary N) is 1. The molecule has 1 aliphatic rings. The Hall–Kier alpha value is -5.30. The molecule has 1 saturated carbocycles. The van der Waals surface area contributed by atoms with Gasteiger partial charge in [-0.3, -0.25) is 8.37 Å². The zero-order valence-electron chi connectivity index (χ0n) is 32.1. The quantitative estimate of drug-likeness (QED) is 0.0253. The van der Waals surface area contributed by atoms with E-state index in [2.05, 4.69) is 10.5 Å². The Morgan fingerprint density at radius 1 is 0.737 bits per heavy atom. The number of hydrogen-bond acceptors (Lipinski definition) is 14. The van der Waals surface area contributed by atoms with E-state index in [-0.39, 0.29) is 61.1 Å². The van der Waals surface area contributed by atoms with E-state index in [1.165, 1.54) is 31.2 Å². The molecule has 0 aliphatic heterocycles. The fraction of sp³-hybridized carbons (Fsp3) is 0.385. The zero-order chi connectivity index (χ0) is 41.7. The molecule has 3 aromatic rings. The Morgan fingerprint density at radius 3 is 1.74 bits per heavy atom. The van der Waals surface area contributed by atoms with Gasteiger partial charge in [-0.1, -0.05) is 70.9 Å². The van der Waals surface area contributed by atoms with Gasteiger partial charge >= 0.3 is 18.0 Å². The number of carbonyl (C=O) groups is 3.